The first-order valence-electron chi connectivity index (χ1n) is 16.3. The molecule has 0 aliphatic heterocycles. The van der Waals surface area contributed by atoms with Crippen molar-refractivity contribution in [2.45, 2.75) is 0 Å². The summed E-state index contributed by atoms with van der Waals surface area (Å²) in [6, 6.07) is 28.5. The summed E-state index contributed by atoms with van der Waals surface area (Å²) in [4.78, 5) is 14.7. The minimum atomic E-state index is 0.142. The Morgan fingerprint density at radius 3 is 1.19 bits per heavy atom. The fraction of sp³-hybridized carbons (Fsp3) is 0. The summed E-state index contributed by atoms with van der Waals surface area (Å²) >= 11 is 0. The van der Waals surface area contributed by atoms with Gasteiger partial charge in [0, 0.05) is 27.5 Å². The molecule has 2 aromatic heterocycles. The van der Waals surface area contributed by atoms with Gasteiger partial charge in [0.2, 0.25) is 0 Å². The first-order chi connectivity index (χ1) is 25.4. The quantitative estimate of drug-likeness (QED) is 0.204. The topological polar surface area (TPSA) is 51.8 Å². The molecular formula is C39H15B10N3O. The second-order valence-corrected chi connectivity index (χ2v) is 12.7. The number of nitrogens with zero attached hydrogens (tertiary/aromatic N) is 3. The van der Waals surface area contributed by atoms with Crippen molar-refractivity contribution in [2.24, 2.45) is 0 Å². The first kappa shape index (κ1) is 34.8. The van der Waals surface area contributed by atoms with Gasteiger partial charge in [-0.3, -0.25) is 0 Å². The molecule has 0 fully saturated rings. The SMILES string of the molecule is [B]c1c([B])c([B])c(-c2cccc(-c3nc(-c4ccccc4)nc(-c4ccc5c(c4)oc4cc(-c6c([B])c([B])c([B])c([B])c6[B])ccc45)n3)c2)c([B])c1[B]. The molecule has 222 valence electrons. The van der Waals surface area contributed by atoms with E-state index in [0.29, 0.717) is 62.0 Å². The maximum atomic E-state index is 6.40. The van der Waals surface area contributed by atoms with Gasteiger partial charge < -0.3 is 4.42 Å². The van der Waals surface area contributed by atoms with Crippen LogP contribution in [0.4, 0.5) is 0 Å². The van der Waals surface area contributed by atoms with Crippen LogP contribution < -0.4 is 54.6 Å². The van der Waals surface area contributed by atoms with Crippen molar-refractivity contribution in [3.05, 3.63) is 91.0 Å². The molecule has 53 heavy (non-hydrogen) atoms. The summed E-state index contributed by atoms with van der Waals surface area (Å²) in [5.41, 5.74) is 7.60. The smallest absolute Gasteiger partial charge is 0.164 e. The fourth-order valence-electron chi connectivity index (χ4n) is 6.56. The Hall–Kier alpha value is -5.22. The highest BCUT2D eigenvalue weighted by Crippen LogP contribution is 2.34. The lowest BCUT2D eigenvalue weighted by Gasteiger charge is -2.21. The number of hydrogen-bond acceptors (Lipinski definition) is 4. The molecule has 4 nitrogen and oxygen atoms in total. The number of hydrogen-bond donors (Lipinski definition) is 0. The van der Waals surface area contributed by atoms with Gasteiger partial charge in [-0.15, -0.1) is 32.8 Å². The van der Waals surface area contributed by atoms with Crippen LogP contribution in [0, 0.1) is 0 Å². The molecule has 0 saturated heterocycles. The number of aromatic nitrogens is 3. The lowest BCUT2D eigenvalue weighted by Crippen LogP contribution is -2.55. The number of fused-ring (bicyclic) bond motifs is 3. The van der Waals surface area contributed by atoms with Crippen molar-refractivity contribution in [1.29, 1.82) is 0 Å². The van der Waals surface area contributed by atoms with Gasteiger partial charge >= 0.3 is 0 Å². The van der Waals surface area contributed by atoms with Gasteiger partial charge in [-0.05, 0) is 52.6 Å². The van der Waals surface area contributed by atoms with E-state index in [4.69, 9.17) is 97.8 Å². The zero-order valence-corrected chi connectivity index (χ0v) is 28.2. The maximum Gasteiger partial charge on any atom is 0.164 e. The van der Waals surface area contributed by atoms with Crippen LogP contribution in [0.25, 0.3) is 78.4 Å². The highest BCUT2D eigenvalue weighted by Gasteiger charge is 2.18. The number of rotatable bonds is 5. The summed E-state index contributed by atoms with van der Waals surface area (Å²) in [6.07, 6.45) is 0. The standard InChI is InChI=1S/C39H15B10N3O/c40-27-25(28(41)32(45)35(48)31(27)44)17-7-4-8-19(13-17)38-50-37(16-5-2-1-3-6-16)51-39(52-38)20-10-12-22-21-11-9-18(14-23(21)53-24(22)15-20)26-29(42)33(46)36(49)34(47)30(26)43/h1-15H. The van der Waals surface area contributed by atoms with Crippen LogP contribution in [-0.2, 0) is 0 Å². The molecule has 8 rings (SSSR count). The third-order valence-corrected chi connectivity index (χ3v) is 9.50. The van der Waals surface area contributed by atoms with Crippen LogP contribution in [0.5, 0.6) is 0 Å². The third-order valence-electron chi connectivity index (χ3n) is 9.50. The van der Waals surface area contributed by atoms with Crippen molar-refractivity contribution in [3.8, 4) is 56.4 Å². The molecule has 0 amide bonds. The normalized spacial score (nSPS) is 11.4. The minimum Gasteiger partial charge on any atom is -0.456 e. The van der Waals surface area contributed by atoms with E-state index in [1.807, 2.05) is 91.0 Å². The average molecular weight is 650 g/mol. The molecule has 0 atom stereocenters. The van der Waals surface area contributed by atoms with Crippen molar-refractivity contribution in [1.82, 2.24) is 15.0 Å². The lowest BCUT2D eigenvalue weighted by molar-refractivity contribution is 0.669. The third kappa shape index (κ3) is 5.84. The summed E-state index contributed by atoms with van der Waals surface area (Å²) in [7, 11) is 62.2. The molecule has 20 radical (unpaired) electrons. The second-order valence-electron chi connectivity index (χ2n) is 12.7. The molecule has 0 saturated carbocycles. The molecule has 0 bridgehead atoms. The van der Waals surface area contributed by atoms with Gasteiger partial charge in [0.05, 0.1) is 0 Å². The van der Waals surface area contributed by atoms with E-state index >= 15 is 0 Å². The van der Waals surface area contributed by atoms with Gasteiger partial charge in [-0.1, -0.05) is 82.5 Å². The predicted octanol–water partition coefficient (Wildman–Crippen LogP) is -1.96. The largest absolute Gasteiger partial charge is 0.456 e. The maximum absolute atomic E-state index is 6.40. The van der Waals surface area contributed by atoms with Gasteiger partial charge in [0.25, 0.3) is 0 Å². The highest BCUT2D eigenvalue weighted by molar-refractivity contribution is 6.69. The van der Waals surface area contributed by atoms with Crippen LogP contribution >= 0.6 is 0 Å². The van der Waals surface area contributed by atoms with E-state index in [-0.39, 0.29) is 54.6 Å². The molecular weight excluding hydrogens is 635 g/mol. The van der Waals surface area contributed by atoms with Crippen molar-refractivity contribution < 1.29 is 4.42 Å². The van der Waals surface area contributed by atoms with E-state index < -0.39 is 0 Å². The molecule has 8 aromatic rings. The van der Waals surface area contributed by atoms with Crippen molar-refractivity contribution in [3.63, 3.8) is 0 Å². The molecule has 0 spiro atoms. The van der Waals surface area contributed by atoms with E-state index in [1.54, 1.807) is 0 Å². The monoisotopic (exact) mass is 651 g/mol. The van der Waals surface area contributed by atoms with Gasteiger partial charge in [0.15, 0.2) is 17.5 Å². The summed E-state index contributed by atoms with van der Waals surface area (Å²) in [6.45, 7) is 0. The summed E-state index contributed by atoms with van der Waals surface area (Å²) in [5, 5.41) is 1.76. The van der Waals surface area contributed by atoms with Gasteiger partial charge in [-0.2, -0.15) is 0 Å². The van der Waals surface area contributed by atoms with Crippen molar-refractivity contribution >= 4 is 155 Å². The van der Waals surface area contributed by atoms with Crippen LogP contribution in [0.3, 0.4) is 0 Å². The van der Waals surface area contributed by atoms with Crippen LogP contribution in [0.2, 0.25) is 0 Å². The van der Waals surface area contributed by atoms with E-state index in [1.165, 1.54) is 0 Å². The van der Waals surface area contributed by atoms with Crippen LogP contribution in [-0.4, -0.2) is 93.4 Å². The van der Waals surface area contributed by atoms with E-state index in [2.05, 4.69) is 0 Å². The highest BCUT2D eigenvalue weighted by atomic mass is 16.3. The van der Waals surface area contributed by atoms with Gasteiger partial charge in [0.1, 0.15) is 89.6 Å². The Bertz CT molecular complexity index is 2750. The molecule has 0 unspecified atom stereocenters. The zero-order valence-electron chi connectivity index (χ0n) is 28.2. The van der Waals surface area contributed by atoms with E-state index in [9.17, 15) is 0 Å². The molecule has 0 N–H and O–H groups in total. The Morgan fingerprint density at radius 2 is 0.679 bits per heavy atom. The zero-order chi connectivity index (χ0) is 37.3. The number of furan rings is 1. The molecule has 14 heteroatoms. The lowest BCUT2D eigenvalue weighted by atomic mass is 9.59. The Labute approximate surface area is 320 Å². The van der Waals surface area contributed by atoms with Crippen LogP contribution in [0.15, 0.2) is 95.4 Å². The second kappa shape index (κ2) is 13.3. The Balaban J connectivity index is 1.26. The van der Waals surface area contributed by atoms with Crippen molar-refractivity contribution in [2.75, 3.05) is 0 Å². The molecule has 0 aliphatic rings. The molecule has 0 aliphatic carbocycles. The predicted molar refractivity (Wildman–Crippen MR) is 228 cm³/mol. The van der Waals surface area contributed by atoms with Crippen LogP contribution in [0.1, 0.15) is 0 Å². The molecule has 6 aromatic carbocycles. The Kier molecular flexibility index (Phi) is 8.76. The minimum absolute atomic E-state index is 0.142. The van der Waals surface area contributed by atoms with E-state index in [0.717, 1.165) is 16.3 Å². The summed E-state index contributed by atoms with van der Waals surface area (Å²) < 4.78 is 6.39. The Morgan fingerprint density at radius 1 is 0.321 bits per heavy atom. The summed E-state index contributed by atoms with van der Waals surface area (Å²) in [5.74, 6) is 1.31. The first-order valence-corrected chi connectivity index (χ1v) is 16.3. The fourth-order valence-corrected chi connectivity index (χ4v) is 6.56. The van der Waals surface area contributed by atoms with Gasteiger partial charge in [-0.25, -0.2) is 15.0 Å². The average Bonchev–Trinajstić information content (AvgIpc) is 3.55. The number of benzene rings is 6. The molecule has 2 heterocycles.